The van der Waals surface area contributed by atoms with Crippen molar-refractivity contribution >= 4 is 5.91 Å². The Hall–Kier alpha value is -3.07. The molecule has 0 heterocycles. The van der Waals surface area contributed by atoms with Crippen molar-refractivity contribution < 1.29 is 9.53 Å². The number of benzene rings is 3. The normalized spacial score (nSPS) is 10.6. The summed E-state index contributed by atoms with van der Waals surface area (Å²) in [5, 5.41) is 2.98. The van der Waals surface area contributed by atoms with Gasteiger partial charge in [-0.3, -0.25) is 4.79 Å². The molecule has 3 nitrogen and oxygen atoms in total. The van der Waals surface area contributed by atoms with Crippen molar-refractivity contribution in [1.29, 1.82) is 0 Å². The maximum atomic E-state index is 12.4. The second-order valence-corrected chi connectivity index (χ2v) is 6.85. The summed E-state index contributed by atoms with van der Waals surface area (Å²) in [5.41, 5.74) is 3.15. The first kappa shape index (κ1) is 18.7. The molecule has 0 radical (unpaired) electrons. The summed E-state index contributed by atoms with van der Waals surface area (Å²) in [6, 6.07) is 25.4. The van der Waals surface area contributed by atoms with Crippen LogP contribution in [0.4, 0.5) is 0 Å². The van der Waals surface area contributed by atoms with Crippen LogP contribution in [0.5, 0.6) is 11.5 Å². The maximum Gasteiger partial charge on any atom is 0.251 e. The molecular weight excluding hydrogens is 334 g/mol. The summed E-state index contributed by atoms with van der Waals surface area (Å²) in [6.45, 7) is 4.97. The minimum atomic E-state index is -0.0905. The molecule has 3 rings (SSSR count). The summed E-state index contributed by atoms with van der Waals surface area (Å²) >= 11 is 0. The lowest BCUT2D eigenvalue weighted by Gasteiger charge is -2.09. The molecule has 27 heavy (non-hydrogen) atoms. The van der Waals surface area contributed by atoms with Crippen LogP contribution in [0.2, 0.25) is 0 Å². The van der Waals surface area contributed by atoms with Crippen molar-refractivity contribution in [2.45, 2.75) is 26.2 Å². The van der Waals surface area contributed by atoms with Crippen LogP contribution in [0.15, 0.2) is 78.9 Å². The van der Waals surface area contributed by atoms with Gasteiger partial charge in [-0.1, -0.05) is 62.4 Å². The van der Waals surface area contributed by atoms with Crippen molar-refractivity contribution in [3.05, 3.63) is 95.6 Å². The van der Waals surface area contributed by atoms with Gasteiger partial charge in [0.1, 0.15) is 11.5 Å². The molecule has 0 saturated carbocycles. The van der Waals surface area contributed by atoms with E-state index in [1.807, 2.05) is 42.5 Å². The molecule has 1 amide bonds. The zero-order valence-corrected chi connectivity index (χ0v) is 15.8. The van der Waals surface area contributed by atoms with Crippen LogP contribution in [0, 0.1) is 0 Å². The van der Waals surface area contributed by atoms with Gasteiger partial charge in [-0.2, -0.15) is 0 Å². The highest BCUT2D eigenvalue weighted by molar-refractivity contribution is 5.94. The standard InChI is InChI=1S/C24H25NO2/c1-18(2)20-13-11-19(12-14-20)15-16-25-24(26)21-7-6-10-23(17-21)27-22-8-4-3-5-9-22/h3-14,17-18H,15-16H2,1-2H3,(H,25,26). The lowest BCUT2D eigenvalue weighted by Crippen LogP contribution is -2.25. The van der Waals surface area contributed by atoms with Gasteiger partial charge in [0.15, 0.2) is 0 Å². The molecule has 0 unspecified atom stereocenters. The monoisotopic (exact) mass is 359 g/mol. The first-order valence-corrected chi connectivity index (χ1v) is 9.32. The average molecular weight is 359 g/mol. The molecule has 0 aromatic heterocycles. The van der Waals surface area contributed by atoms with E-state index >= 15 is 0 Å². The van der Waals surface area contributed by atoms with E-state index in [-0.39, 0.29) is 5.91 Å². The molecular formula is C24H25NO2. The molecule has 0 fully saturated rings. The van der Waals surface area contributed by atoms with Gasteiger partial charge >= 0.3 is 0 Å². The maximum absolute atomic E-state index is 12.4. The Balaban J connectivity index is 1.54. The molecule has 0 bridgehead atoms. The van der Waals surface area contributed by atoms with Gasteiger partial charge in [0.2, 0.25) is 0 Å². The highest BCUT2D eigenvalue weighted by atomic mass is 16.5. The highest BCUT2D eigenvalue weighted by Gasteiger charge is 2.07. The fourth-order valence-corrected chi connectivity index (χ4v) is 2.82. The predicted molar refractivity (Wildman–Crippen MR) is 110 cm³/mol. The van der Waals surface area contributed by atoms with Gasteiger partial charge in [0.05, 0.1) is 0 Å². The molecule has 3 aromatic carbocycles. The number of hydrogen-bond donors (Lipinski definition) is 1. The van der Waals surface area contributed by atoms with Gasteiger partial charge < -0.3 is 10.1 Å². The number of amides is 1. The van der Waals surface area contributed by atoms with E-state index < -0.39 is 0 Å². The Morgan fingerprint density at radius 2 is 1.59 bits per heavy atom. The van der Waals surface area contributed by atoms with Crippen LogP contribution in [-0.2, 0) is 6.42 Å². The van der Waals surface area contributed by atoms with Crippen molar-refractivity contribution in [2.24, 2.45) is 0 Å². The minimum absolute atomic E-state index is 0.0905. The van der Waals surface area contributed by atoms with E-state index in [9.17, 15) is 4.79 Å². The Morgan fingerprint density at radius 1 is 0.889 bits per heavy atom. The van der Waals surface area contributed by atoms with Gasteiger partial charge in [0.25, 0.3) is 5.91 Å². The van der Waals surface area contributed by atoms with Crippen molar-refractivity contribution in [1.82, 2.24) is 5.32 Å². The molecule has 3 aromatic rings. The SMILES string of the molecule is CC(C)c1ccc(CCNC(=O)c2cccc(Oc3ccccc3)c2)cc1. The van der Waals surface area contributed by atoms with Gasteiger partial charge in [0, 0.05) is 12.1 Å². The number of carbonyl (C=O) groups excluding carboxylic acids is 1. The third-order valence-corrected chi connectivity index (χ3v) is 4.42. The van der Waals surface area contributed by atoms with Crippen LogP contribution in [0.3, 0.4) is 0 Å². The number of carbonyl (C=O) groups is 1. The number of nitrogens with one attached hydrogen (secondary N) is 1. The fourth-order valence-electron chi connectivity index (χ4n) is 2.82. The van der Waals surface area contributed by atoms with E-state index in [4.69, 9.17) is 4.74 Å². The predicted octanol–water partition coefficient (Wildman–Crippen LogP) is 5.57. The number of hydrogen-bond acceptors (Lipinski definition) is 2. The summed E-state index contributed by atoms with van der Waals surface area (Å²) in [6.07, 6.45) is 0.810. The molecule has 0 aliphatic heterocycles. The van der Waals surface area contributed by atoms with Crippen molar-refractivity contribution in [3.63, 3.8) is 0 Å². The number of ether oxygens (including phenoxy) is 1. The molecule has 0 spiro atoms. The Bertz CT molecular complexity index is 870. The van der Waals surface area contributed by atoms with Gasteiger partial charge in [-0.15, -0.1) is 0 Å². The minimum Gasteiger partial charge on any atom is -0.457 e. The second kappa shape index (κ2) is 9.04. The quantitative estimate of drug-likeness (QED) is 0.598. The van der Waals surface area contributed by atoms with E-state index in [0.717, 1.165) is 12.2 Å². The van der Waals surface area contributed by atoms with Crippen LogP contribution in [-0.4, -0.2) is 12.5 Å². The van der Waals surface area contributed by atoms with Crippen molar-refractivity contribution in [2.75, 3.05) is 6.54 Å². The zero-order valence-electron chi connectivity index (χ0n) is 15.8. The lowest BCUT2D eigenvalue weighted by molar-refractivity contribution is 0.0954. The van der Waals surface area contributed by atoms with Gasteiger partial charge in [-0.05, 0) is 53.8 Å². The van der Waals surface area contributed by atoms with Crippen LogP contribution in [0.25, 0.3) is 0 Å². The highest BCUT2D eigenvalue weighted by Crippen LogP contribution is 2.21. The van der Waals surface area contributed by atoms with Crippen LogP contribution < -0.4 is 10.1 Å². The lowest BCUT2D eigenvalue weighted by atomic mass is 10.0. The van der Waals surface area contributed by atoms with Gasteiger partial charge in [-0.25, -0.2) is 0 Å². The molecule has 1 N–H and O–H groups in total. The number of para-hydroxylation sites is 1. The van der Waals surface area contributed by atoms with E-state index in [2.05, 4.69) is 43.4 Å². The molecule has 0 saturated heterocycles. The van der Waals surface area contributed by atoms with E-state index in [0.29, 0.717) is 23.8 Å². The average Bonchev–Trinajstić information content (AvgIpc) is 2.69. The smallest absolute Gasteiger partial charge is 0.251 e. The largest absolute Gasteiger partial charge is 0.457 e. The van der Waals surface area contributed by atoms with Crippen molar-refractivity contribution in [3.8, 4) is 11.5 Å². The van der Waals surface area contributed by atoms with E-state index in [1.54, 1.807) is 12.1 Å². The fraction of sp³-hybridized carbons (Fsp3) is 0.208. The molecule has 0 aliphatic carbocycles. The summed E-state index contributed by atoms with van der Waals surface area (Å²) in [7, 11) is 0. The zero-order chi connectivity index (χ0) is 19.1. The van der Waals surface area contributed by atoms with Crippen LogP contribution in [0.1, 0.15) is 41.3 Å². The Kier molecular flexibility index (Phi) is 6.26. The molecule has 0 atom stereocenters. The summed E-state index contributed by atoms with van der Waals surface area (Å²) in [5.74, 6) is 1.84. The molecule has 3 heteroatoms. The molecule has 0 aliphatic rings. The van der Waals surface area contributed by atoms with Crippen LogP contribution >= 0.6 is 0 Å². The van der Waals surface area contributed by atoms with E-state index in [1.165, 1.54) is 11.1 Å². The summed E-state index contributed by atoms with van der Waals surface area (Å²) in [4.78, 5) is 12.4. The molecule has 138 valence electrons. The summed E-state index contributed by atoms with van der Waals surface area (Å²) < 4.78 is 5.79. The number of rotatable bonds is 7. The second-order valence-electron chi connectivity index (χ2n) is 6.85. The first-order valence-electron chi connectivity index (χ1n) is 9.32. The first-order chi connectivity index (χ1) is 13.1. The third-order valence-electron chi connectivity index (χ3n) is 4.42. The Morgan fingerprint density at radius 3 is 2.30 bits per heavy atom. The Labute approximate surface area is 161 Å². The topological polar surface area (TPSA) is 38.3 Å². The third kappa shape index (κ3) is 5.45.